The molecule has 0 N–H and O–H groups in total. The van der Waals surface area contributed by atoms with Crippen LogP contribution in [0.1, 0.15) is 6.92 Å². The van der Waals surface area contributed by atoms with Crippen LogP contribution in [0.3, 0.4) is 0 Å². The molecule has 2 nitrogen and oxygen atoms in total. The molecule has 0 fully saturated rings. The molecule has 0 rings (SSSR count). The lowest BCUT2D eigenvalue weighted by molar-refractivity contribution is 0.375. The average Bonchev–Trinajstić information content (AvgIpc) is 1.37. The van der Waals surface area contributed by atoms with Crippen molar-refractivity contribution in [2.24, 2.45) is 0 Å². The van der Waals surface area contributed by atoms with E-state index in [1.54, 1.807) is 0 Å². The van der Waals surface area contributed by atoms with Crippen molar-refractivity contribution in [2.45, 2.75) is 6.92 Å². The second kappa shape index (κ2) is 8.91. The van der Waals surface area contributed by atoms with Gasteiger partial charge in [-0.2, -0.15) is 0 Å². The third kappa shape index (κ3) is 14.6. The zero-order valence-corrected chi connectivity index (χ0v) is 5.52. The zero-order valence-electron chi connectivity index (χ0n) is 3.52. The summed E-state index contributed by atoms with van der Waals surface area (Å²) in [5, 5.41) is 0. The van der Waals surface area contributed by atoms with E-state index in [1.807, 2.05) is 6.92 Å². The fourth-order valence-electron chi connectivity index (χ4n) is 0. The zero-order chi connectivity index (χ0) is 3.41. The monoisotopic (exact) mass is 92.0 g/mol. The first-order chi connectivity index (χ1) is 1.91. The molecule has 0 aliphatic carbocycles. The smallest absolute Gasteiger partial charge is 0.145 e. The highest BCUT2D eigenvalue weighted by molar-refractivity contribution is 5.97. The van der Waals surface area contributed by atoms with Crippen LogP contribution in [-0.2, 0) is 9.90 Å². The van der Waals surface area contributed by atoms with Crippen LogP contribution in [0.4, 0.5) is 0 Å². The highest BCUT2D eigenvalue weighted by Gasteiger charge is 1.51. The Morgan fingerprint density at radius 1 is 1.80 bits per heavy atom. The van der Waals surface area contributed by atoms with Crippen LogP contribution >= 0.6 is 0 Å². The Bertz CT molecular complexity index is 9.61. The minimum absolute atomic E-state index is 0. The van der Waals surface area contributed by atoms with Gasteiger partial charge in [0.15, 0.2) is 0 Å². The average molecular weight is 92.2 g/mol. The molecule has 2 radical (unpaired) electrons. The van der Waals surface area contributed by atoms with Crippen molar-refractivity contribution in [3.8, 4) is 0 Å². The van der Waals surface area contributed by atoms with Gasteiger partial charge in [-0.05, 0) is 6.92 Å². The van der Waals surface area contributed by atoms with Crippen molar-refractivity contribution in [3.63, 3.8) is 0 Å². The van der Waals surface area contributed by atoms with Crippen LogP contribution in [0.5, 0.6) is 0 Å². The maximum Gasteiger partial charge on any atom is 0.145 e. The summed E-state index contributed by atoms with van der Waals surface area (Å²) < 4.78 is 4.68. The number of hydrogen-bond acceptors (Lipinski definition) is 1. The molecule has 0 saturated heterocycles. The van der Waals surface area contributed by atoms with E-state index in [2.05, 4.69) is 4.43 Å². The molecule has 0 heterocycles. The highest BCUT2D eigenvalue weighted by Crippen LogP contribution is 1.50. The molecule has 0 aliphatic heterocycles. The van der Waals surface area contributed by atoms with Crippen molar-refractivity contribution in [3.05, 3.63) is 0 Å². The van der Waals surface area contributed by atoms with Crippen LogP contribution in [0, 0.1) is 0 Å². The summed E-state index contributed by atoms with van der Waals surface area (Å²) in [6.45, 7) is 2.87. The molecule has 0 unspecified atom stereocenters. The fraction of sp³-hybridized carbons (Fsp3) is 1.00. The topological polar surface area (TPSA) is 37.7 Å². The summed E-state index contributed by atoms with van der Waals surface area (Å²) in [5.74, 6) is 0. The van der Waals surface area contributed by atoms with Gasteiger partial charge in [-0.25, -0.2) is 0 Å². The SMILES string of the molecule is CCO[SiH3].[O]. The first kappa shape index (κ1) is 8.93. The van der Waals surface area contributed by atoms with Gasteiger partial charge in [0, 0.05) is 12.1 Å². The molecule has 3 heteroatoms. The van der Waals surface area contributed by atoms with Crippen LogP contribution in [0.2, 0.25) is 0 Å². The lowest BCUT2D eigenvalue weighted by atomic mass is 10.9. The van der Waals surface area contributed by atoms with Crippen molar-refractivity contribution >= 4 is 10.5 Å². The van der Waals surface area contributed by atoms with Crippen LogP contribution in [-0.4, -0.2) is 17.1 Å². The molecule has 0 atom stereocenters. The maximum atomic E-state index is 4.68. The van der Waals surface area contributed by atoms with Crippen LogP contribution in [0.25, 0.3) is 0 Å². The first-order valence-corrected chi connectivity index (χ1v) is 2.22. The molecule has 32 valence electrons. The van der Waals surface area contributed by atoms with Crippen LogP contribution in [0.15, 0.2) is 0 Å². The molecular weight excluding hydrogens is 84.1 g/mol. The summed E-state index contributed by atoms with van der Waals surface area (Å²) in [7, 11) is 0.890. The molecule has 5 heavy (non-hydrogen) atoms. The summed E-state index contributed by atoms with van der Waals surface area (Å²) in [5.41, 5.74) is 0. The Hall–Kier alpha value is 0.137. The van der Waals surface area contributed by atoms with Crippen molar-refractivity contribution in [1.29, 1.82) is 0 Å². The van der Waals surface area contributed by atoms with Gasteiger partial charge < -0.3 is 4.43 Å². The summed E-state index contributed by atoms with van der Waals surface area (Å²) in [6.07, 6.45) is 0. The number of rotatable bonds is 1. The Balaban J connectivity index is 0. The van der Waals surface area contributed by atoms with Gasteiger partial charge in [-0.3, -0.25) is 0 Å². The predicted octanol–water partition coefficient (Wildman–Crippen LogP) is -0.815. The van der Waals surface area contributed by atoms with Gasteiger partial charge in [0.1, 0.15) is 10.5 Å². The molecule has 0 aromatic rings. The first-order valence-electron chi connectivity index (χ1n) is 1.40. The van der Waals surface area contributed by atoms with E-state index in [0.29, 0.717) is 0 Å². The molecule has 0 bridgehead atoms. The standard InChI is InChI=1S/C2H8OSi.O/c1-2-3-4;/h2H2,1,4H3;. The van der Waals surface area contributed by atoms with E-state index in [9.17, 15) is 0 Å². The summed E-state index contributed by atoms with van der Waals surface area (Å²) in [4.78, 5) is 0. The molecule has 0 spiro atoms. The van der Waals surface area contributed by atoms with E-state index in [0.717, 1.165) is 17.1 Å². The lowest BCUT2D eigenvalue weighted by Gasteiger charge is -1.77. The third-order valence-electron chi connectivity index (χ3n) is 0.289. The Kier molecular flexibility index (Phi) is 15.9. The summed E-state index contributed by atoms with van der Waals surface area (Å²) >= 11 is 0. The van der Waals surface area contributed by atoms with Gasteiger partial charge >= 0.3 is 0 Å². The van der Waals surface area contributed by atoms with Gasteiger partial charge in [-0.15, -0.1) is 0 Å². The Morgan fingerprint density at radius 3 is 2.00 bits per heavy atom. The Labute approximate surface area is 35.0 Å². The van der Waals surface area contributed by atoms with Crippen molar-refractivity contribution in [1.82, 2.24) is 0 Å². The largest absolute Gasteiger partial charge is 0.428 e. The summed E-state index contributed by atoms with van der Waals surface area (Å²) in [6, 6.07) is 0. The van der Waals surface area contributed by atoms with Gasteiger partial charge in [-0.1, -0.05) is 0 Å². The second-order valence-electron chi connectivity index (χ2n) is 0.577. The molecular formula is C2H8O2Si. The minimum atomic E-state index is 0. The van der Waals surface area contributed by atoms with Crippen LogP contribution < -0.4 is 0 Å². The van der Waals surface area contributed by atoms with Gasteiger partial charge in [0.2, 0.25) is 0 Å². The Morgan fingerprint density at radius 2 is 2.00 bits per heavy atom. The molecule has 0 amide bonds. The third-order valence-corrected chi connectivity index (χ3v) is 0.866. The molecule has 0 aromatic carbocycles. The van der Waals surface area contributed by atoms with E-state index in [4.69, 9.17) is 0 Å². The minimum Gasteiger partial charge on any atom is -0.428 e. The lowest BCUT2D eigenvalue weighted by Crippen LogP contribution is -1.76. The molecule has 0 aromatic heterocycles. The van der Waals surface area contributed by atoms with Crippen molar-refractivity contribution in [2.75, 3.05) is 6.61 Å². The quantitative estimate of drug-likeness (QED) is 0.389. The second-order valence-corrected chi connectivity index (χ2v) is 1.15. The predicted molar refractivity (Wildman–Crippen MR) is 22.3 cm³/mol. The van der Waals surface area contributed by atoms with Gasteiger partial charge in [0.25, 0.3) is 0 Å². The number of hydrogen-bond donors (Lipinski definition) is 0. The van der Waals surface area contributed by atoms with Crippen molar-refractivity contribution < 1.29 is 9.90 Å². The normalized spacial score (nSPS) is 6.60. The van der Waals surface area contributed by atoms with Gasteiger partial charge in [0.05, 0.1) is 0 Å². The maximum absolute atomic E-state index is 4.68. The van der Waals surface area contributed by atoms with E-state index >= 15 is 0 Å². The molecule has 0 aliphatic rings. The van der Waals surface area contributed by atoms with E-state index in [-0.39, 0.29) is 5.48 Å². The van der Waals surface area contributed by atoms with E-state index in [1.165, 1.54) is 0 Å². The van der Waals surface area contributed by atoms with E-state index < -0.39 is 0 Å². The molecule has 0 saturated carbocycles. The highest BCUT2D eigenvalue weighted by atomic mass is 28.2. The fourth-order valence-corrected chi connectivity index (χ4v) is 0.